The van der Waals surface area contributed by atoms with Crippen LogP contribution < -0.4 is 0 Å². The van der Waals surface area contributed by atoms with Crippen LogP contribution in [0, 0.1) is 33.1 Å². The van der Waals surface area contributed by atoms with Gasteiger partial charge in [-0.05, 0) is 87.2 Å². The molecular formula is C27H33N5OS. The largest absolute Gasteiger partial charge is 0.318 e. The standard InChI is InChI=1S/C27H33N5OS/c1-6-7-8-9-10-11-24-30-32-25(28)22(26(33)29-27(32)34-24)16-21-15-19(4)31(20(21)5)23-14-17(2)12-13-18(23)3/h12-16,28H,6-11H2,1-5H3/b22-16+,28-25?. The summed E-state index contributed by atoms with van der Waals surface area (Å²) in [5.41, 5.74) is 6.82. The van der Waals surface area contributed by atoms with Crippen molar-refractivity contribution in [3.05, 3.63) is 57.9 Å². The lowest BCUT2D eigenvalue weighted by molar-refractivity contribution is -0.114. The number of thioether (sulfide) groups is 1. The molecule has 0 unspecified atom stereocenters. The van der Waals surface area contributed by atoms with Gasteiger partial charge in [0, 0.05) is 17.1 Å². The lowest BCUT2D eigenvalue weighted by atomic mass is 10.1. The number of hydrazone groups is 1. The summed E-state index contributed by atoms with van der Waals surface area (Å²) in [6.07, 6.45) is 8.62. The van der Waals surface area contributed by atoms with Crippen molar-refractivity contribution in [2.24, 2.45) is 10.1 Å². The average molecular weight is 476 g/mol. The van der Waals surface area contributed by atoms with Crippen LogP contribution >= 0.6 is 11.8 Å². The van der Waals surface area contributed by atoms with Crippen molar-refractivity contribution in [3.63, 3.8) is 0 Å². The van der Waals surface area contributed by atoms with Gasteiger partial charge in [-0.2, -0.15) is 15.1 Å². The van der Waals surface area contributed by atoms with Gasteiger partial charge in [0.05, 0.1) is 5.57 Å². The zero-order valence-corrected chi connectivity index (χ0v) is 21.6. The molecule has 2 aliphatic heterocycles. The summed E-state index contributed by atoms with van der Waals surface area (Å²) in [7, 11) is 0. The van der Waals surface area contributed by atoms with Crippen LogP contribution in [0.15, 0.2) is 39.9 Å². The predicted octanol–water partition coefficient (Wildman–Crippen LogP) is 6.69. The molecule has 0 bridgehead atoms. The lowest BCUT2D eigenvalue weighted by Gasteiger charge is -2.20. The van der Waals surface area contributed by atoms with Crippen LogP contribution in [0.3, 0.4) is 0 Å². The molecule has 1 aromatic carbocycles. The third-order valence-electron chi connectivity index (χ3n) is 6.37. The average Bonchev–Trinajstić information content (AvgIpc) is 3.32. The number of aromatic nitrogens is 1. The normalized spacial score (nSPS) is 16.9. The number of hydrogen-bond acceptors (Lipinski definition) is 4. The first-order valence-electron chi connectivity index (χ1n) is 12.1. The number of nitrogens with one attached hydrogen (secondary N) is 1. The third kappa shape index (κ3) is 4.80. The summed E-state index contributed by atoms with van der Waals surface area (Å²) < 4.78 is 2.21. The Hall–Kier alpha value is -2.93. The third-order valence-corrected chi connectivity index (χ3v) is 7.33. The van der Waals surface area contributed by atoms with Gasteiger partial charge in [-0.1, -0.05) is 44.7 Å². The second-order valence-corrected chi connectivity index (χ2v) is 10.2. The van der Waals surface area contributed by atoms with Crippen LogP contribution in [0.2, 0.25) is 0 Å². The van der Waals surface area contributed by atoms with Crippen LogP contribution in [-0.2, 0) is 4.79 Å². The highest BCUT2D eigenvalue weighted by Gasteiger charge is 2.35. The topological polar surface area (TPSA) is 73.8 Å². The summed E-state index contributed by atoms with van der Waals surface area (Å²) in [5, 5.41) is 16.3. The van der Waals surface area contributed by atoms with E-state index in [1.165, 1.54) is 53.6 Å². The molecule has 1 aromatic heterocycles. The Morgan fingerprint density at radius 1 is 1.06 bits per heavy atom. The quantitative estimate of drug-likeness (QED) is 0.341. The van der Waals surface area contributed by atoms with E-state index >= 15 is 0 Å². The van der Waals surface area contributed by atoms with Crippen molar-refractivity contribution in [2.45, 2.75) is 73.1 Å². The summed E-state index contributed by atoms with van der Waals surface area (Å²) in [4.78, 5) is 17.1. The molecule has 1 N–H and O–H groups in total. The van der Waals surface area contributed by atoms with Gasteiger partial charge in [0.15, 0.2) is 5.84 Å². The molecule has 7 heteroatoms. The molecule has 2 aromatic rings. The SMILES string of the molecule is CCCCCCCC1=NN2C(=N)/C(=C\c3cc(C)n(-c4cc(C)ccc4C)c3C)C(=O)N=C2S1. The number of nitrogens with zero attached hydrogens (tertiary/aromatic N) is 4. The molecule has 1 amide bonds. The first-order chi connectivity index (χ1) is 16.3. The van der Waals surface area contributed by atoms with Gasteiger partial charge in [-0.3, -0.25) is 10.2 Å². The van der Waals surface area contributed by atoms with E-state index < -0.39 is 0 Å². The first-order valence-corrected chi connectivity index (χ1v) is 12.9. The molecule has 0 fully saturated rings. The van der Waals surface area contributed by atoms with Crippen LogP contribution in [0.1, 0.15) is 73.5 Å². The molecule has 2 aliphatic rings. The molecule has 0 atom stereocenters. The number of hydrogen-bond donors (Lipinski definition) is 1. The number of aliphatic imine (C=N–C) groups is 1. The highest BCUT2D eigenvalue weighted by Crippen LogP contribution is 2.31. The summed E-state index contributed by atoms with van der Waals surface area (Å²) >= 11 is 1.42. The molecule has 178 valence electrons. The second-order valence-electron chi connectivity index (χ2n) is 9.13. The molecule has 0 aliphatic carbocycles. The van der Waals surface area contributed by atoms with Crippen LogP contribution in [-0.4, -0.2) is 31.5 Å². The zero-order valence-electron chi connectivity index (χ0n) is 20.7. The number of benzene rings is 1. The number of fused-ring (bicyclic) bond motifs is 1. The smallest absolute Gasteiger partial charge is 0.283 e. The van der Waals surface area contributed by atoms with E-state index in [1.54, 1.807) is 6.08 Å². The molecule has 0 spiro atoms. The second kappa shape index (κ2) is 10.1. The highest BCUT2D eigenvalue weighted by atomic mass is 32.2. The van der Waals surface area contributed by atoms with E-state index in [1.807, 2.05) is 6.92 Å². The number of rotatable bonds is 8. The van der Waals surface area contributed by atoms with E-state index in [-0.39, 0.29) is 17.3 Å². The Morgan fingerprint density at radius 3 is 2.59 bits per heavy atom. The van der Waals surface area contributed by atoms with Crippen LogP contribution in [0.25, 0.3) is 11.8 Å². The van der Waals surface area contributed by atoms with Crippen molar-refractivity contribution in [2.75, 3.05) is 0 Å². The van der Waals surface area contributed by atoms with Crippen molar-refractivity contribution in [1.29, 1.82) is 5.41 Å². The van der Waals surface area contributed by atoms with Crippen LogP contribution in [0.4, 0.5) is 0 Å². The minimum absolute atomic E-state index is 0.0972. The highest BCUT2D eigenvalue weighted by molar-refractivity contribution is 8.26. The molecule has 6 nitrogen and oxygen atoms in total. The number of aryl methyl sites for hydroxylation is 3. The Bertz CT molecular complexity index is 1230. The predicted molar refractivity (Wildman–Crippen MR) is 143 cm³/mol. The van der Waals surface area contributed by atoms with E-state index in [0.717, 1.165) is 40.5 Å². The Morgan fingerprint density at radius 2 is 1.82 bits per heavy atom. The van der Waals surface area contributed by atoms with Gasteiger partial charge < -0.3 is 4.57 Å². The molecule has 0 saturated carbocycles. The van der Waals surface area contributed by atoms with E-state index in [4.69, 9.17) is 5.41 Å². The van der Waals surface area contributed by atoms with Gasteiger partial charge in [-0.15, -0.1) is 0 Å². The van der Waals surface area contributed by atoms with Crippen molar-refractivity contribution in [3.8, 4) is 5.69 Å². The fourth-order valence-electron chi connectivity index (χ4n) is 4.43. The van der Waals surface area contributed by atoms with Crippen LogP contribution in [0.5, 0.6) is 0 Å². The molecule has 0 saturated heterocycles. The monoisotopic (exact) mass is 475 g/mol. The van der Waals surface area contributed by atoms with E-state index in [0.29, 0.717) is 5.17 Å². The number of unbranched alkanes of at least 4 members (excludes halogenated alkanes) is 4. The maximum absolute atomic E-state index is 12.9. The van der Waals surface area contributed by atoms with Crippen molar-refractivity contribution >= 4 is 39.8 Å². The number of amides is 1. The number of carbonyl (C=O) groups excluding carboxylic acids is 1. The van der Waals surface area contributed by atoms with E-state index in [9.17, 15) is 4.79 Å². The fraction of sp³-hybridized carbons (Fsp3) is 0.407. The summed E-state index contributed by atoms with van der Waals surface area (Å²) in [5.74, 6) is -0.278. The fourth-order valence-corrected chi connectivity index (χ4v) is 5.36. The molecule has 3 heterocycles. The summed E-state index contributed by atoms with van der Waals surface area (Å²) in [6.45, 7) is 10.5. The van der Waals surface area contributed by atoms with Crippen molar-refractivity contribution in [1.82, 2.24) is 9.58 Å². The molecule has 4 rings (SSSR count). The number of carbonyl (C=O) groups is 1. The van der Waals surface area contributed by atoms with Gasteiger partial charge in [0.25, 0.3) is 5.91 Å². The Kier molecular flexibility index (Phi) is 7.22. The summed E-state index contributed by atoms with van der Waals surface area (Å²) in [6, 6.07) is 8.48. The molecular weight excluding hydrogens is 442 g/mol. The van der Waals surface area contributed by atoms with Gasteiger partial charge in [0.2, 0.25) is 5.17 Å². The van der Waals surface area contributed by atoms with Gasteiger partial charge >= 0.3 is 0 Å². The van der Waals surface area contributed by atoms with Gasteiger partial charge in [0.1, 0.15) is 5.04 Å². The molecule has 0 radical (unpaired) electrons. The maximum atomic E-state index is 12.9. The van der Waals surface area contributed by atoms with Gasteiger partial charge in [-0.25, -0.2) is 0 Å². The number of amidine groups is 2. The maximum Gasteiger partial charge on any atom is 0.283 e. The Labute approximate surface area is 206 Å². The van der Waals surface area contributed by atoms with Crippen molar-refractivity contribution < 1.29 is 4.79 Å². The minimum Gasteiger partial charge on any atom is -0.318 e. The zero-order chi connectivity index (χ0) is 24.4. The molecule has 34 heavy (non-hydrogen) atoms. The first kappa shape index (κ1) is 24.2. The minimum atomic E-state index is -0.375. The lowest BCUT2D eigenvalue weighted by Crippen LogP contribution is -2.35. The van der Waals surface area contributed by atoms with E-state index in [2.05, 4.69) is 66.6 Å². The Balaban J connectivity index is 1.59.